The van der Waals surface area contributed by atoms with Crippen molar-refractivity contribution in [1.29, 1.82) is 0 Å². The van der Waals surface area contributed by atoms with Gasteiger partial charge in [-0.2, -0.15) is 0 Å². The standard InChI is InChI=1S/C21H24N2O3/c1-2-26-21(25)15-6-5-11-23(13-15)20(24)17-12-19(14-9-10-14)22-18-8-4-3-7-16(17)18/h3-4,7-8,12,14-15H,2,5-6,9-11,13H2,1H3/t15-/m0/s1. The molecule has 5 heteroatoms. The minimum Gasteiger partial charge on any atom is -0.466 e. The summed E-state index contributed by atoms with van der Waals surface area (Å²) in [5, 5.41) is 0.889. The second-order valence-corrected chi connectivity index (χ2v) is 7.23. The Kier molecular flexibility index (Phi) is 4.62. The molecule has 1 aliphatic carbocycles. The van der Waals surface area contributed by atoms with Crippen LogP contribution in [0.15, 0.2) is 30.3 Å². The Hall–Kier alpha value is -2.43. The fourth-order valence-electron chi connectivity index (χ4n) is 3.75. The lowest BCUT2D eigenvalue weighted by atomic mass is 9.96. The van der Waals surface area contributed by atoms with Crippen molar-refractivity contribution in [3.63, 3.8) is 0 Å². The van der Waals surface area contributed by atoms with Crippen LogP contribution in [0.3, 0.4) is 0 Å². The number of pyridine rings is 1. The van der Waals surface area contributed by atoms with E-state index in [0.29, 0.717) is 31.2 Å². The zero-order chi connectivity index (χ0) is 18.1. The summed E-state index contributed by atoms with van der Waals surface area (Å²) in [6, 6.07) is 9.79. The van der Waals surface area contributed by atoms with Crippen LogP contribution in [0.4, 0.5) is 0 Å². The quantitative estimate of drug-likeness (QED) is 0.790. The summed E-state index contributed by atoms with van der Waals surface area (Å²) >= 11 is 0. The zero-order valence-corrected chi connectivity index (χ0v) is 15.1. The van der Waals surface area contributed by atoms with Crippen molar-refractivity contribution < 1.29 is 14.3 Å². The van der Waals surface area contributed by atoms with Gasteiger partial charge in [-0.1, -0.05) is 18.2 Å². The number of piperidine rings is 1. The van der Waals surface area contributed by atoms with Gasteiger partial charge in [0.1, 0.15) is 0 Å². The highest BCUT2D eigenvalue weighted by Gasteiger charge is 2.32. The molecule has 26 heavy (non-hydrogen) atoms. The van der Waals surface area contributed by atoms with E-state index < -0.39 is 0 Å². The average molecular weight is 352 g/mol. The molecule has 1 aromatic carbocycles. The summed E-state index contributed by atoms with van der Waals surface area (Å²) in [6.45, 7) is 3.31. The number of ether oxygens (including phenoxy) is 1. The van der Waals surface area contributed by atoms with E-state index in [1.54, 1.807) is 0 Å². The van der Waals surface area contributed by atoms with Gasteiger partial charge in [0.25, 0.3) is 5.91 Å². The minimum absolute atomic E-state index is 0.000464. The molecule has 2 heterocycles. The van der Waals surface area contributed by atoms with E-state index in [1.165, 1.54) is 0 Å². The lowest BCUT2D eigenvalue weighted by molar-refractivity contribution is -0.149. The molecule has 0 unspecified atom stereocenters. The molecule has 0 N–H and O–H groups in total. The number of hydrogen-bond acceptors (Lipinski definition) is 4. The maximum Gasteiger partial charge on any atom is 0.310 e. The molecule has 1 amide bonds. The molecule has 1 aliphatic heterocycles. The number of nitrogens with zero attached hydrogens (tertiary/aromatic N) is 2. The molecule has 1 aromatic heterocycles. The predicted molar refractivity (Wildman–Crippen MR) is 99.0 cm³/mol. The Labute approximate surface area is 153 Å². The number of amides is 1. The molecule has 136 valence electrons. The third kappa shape index (κ3) is 3.30. The molecule has 0 bridgehead atoms. The van der Waals surface area contributed by atoms with Crippen molar-refractivity contribution >= 4 is 22.8 Å². The average Bonchev–Trinajstić information content (AvgIpc) is 3.52. The lowest BCUT2D eigenvalue weighted by Crippen LogP contribution is -2.43. The largest absolute Gasteiger partial charge is 0.466 e. The molecule has 1 saturated heterocycles. The molecule has 5 nitrogen and oxygen atoms in total. The summed E-state index contributed by atoms with van der Waals surface area (Å²) in [6.07, 6.45) is 3.90. The zero-order valence-electron chi connectivity index (χ0n) is 15.1. The number of hydrogen-bond donors (Lipinski definition) is 0. The second-order valence-electron chi connectivity index (χ2n) is 7.23. The van der Waals surface area contributed by atoms with Crippen LogP contribution in [0.5, 0.6) is 0 Å². The second kappa shape index (κ2) is 7.06. The van der Waals surface area contributed by atoms with Gasteiger partial charge in [-0.3, -0.25) is 14.6 Å². The molecule has 2 aromatic rings. The van der Waals surface area contributed by atoms with E-state index in [-0.39, 0.29) is 17.8 Å². The molecule has 1 saturated carbocycles. The summed E-state index contributed by atoms with van der Waals surface area (Å²) in [5.41, 5.74) is 2.60. The number of para-hydroxylation sites is 1. The van der Waals surface area contributed by atoms with Gasteiger partial charge in [0.15, 0.2) is 0 Å². The normalized spacial score (nSPS) is 20.2. The van der Waals surface area contributed by atoms with Crippen molar-refractivity contribution in [2.24, 2.45) is 5.92 Å². The van der Waals surface area contributed by atoms with Crippen LogP contribution in [0, 0.1) is 5.92 Å². The number of aromatic nitrogens is 1. The van der Waals surface area contributed by atoms with Gasteiger partial charge in [0, 0.05) is 30.1 Å². The van der Waals surface area contributed by atoms with Gasteiger partial charge in [-0.05, 0) is 44.7 Å². The molecular weight excluding hydrogens is 328 g/mol. The first-order chi connectivity index (χ1) is 12.7. The van der Waals surface area contributed by atoms with E-state index >= 15 is 0 Å². The topological polar surface area (TPSA) is 59.5 Å². The van der Waals surface area contributed by atoms with Crippen LogP contribution in [0.2, 0.25) is 0 Å². The van der Waals surface area contributed by atoms with E-state index in [9.17, 15) is 9.59 Å². The Bertz CT molecular complexity index is 844. The van der Waals surface area contributed by atoms with Gasteiger partial charge in [0.2, 0.25) is 0 Å². The van der Waals surface area contributed by atoms with Crippen molar-refractivity contribution in [3.05, 3.63) is 41.6 Å². The van der Waals surface area contributed by atoms with Crippen LogP contribution in [0.1, 0.15) is 54.6 Å². The molecule has 4 rings (SSSR count). The fourth-order valence-corrected chi connectivity index (χ4v) is 3.75. The third-order valence-electron chi connectivity index (χ3n) is 5.29. The number of likely N-dealkylation sites (tertiary alicyclic amines) is 1. The smallest absolute Gasteiger partial charge is 0.310 e. The summed E-state index contributed by atoms with van der Waals surface area (Å²) < 4.78 is 5.16. The molecular formula is C21H24N2O3. The highest BCUT2D eigenvalue weighted by atomic mass is 16.5. The van der Waals surface area contributed by atoms with Crippen molar-refractivity contribution in [2.45, 2.75) is 38.5 Å². The summed E-state index contributed by atoms with van der Waals surface area (Å²) in [5.74, 6) is 0.0752. The molecule has 0 spiro atoms. The van der Waals surface area contributed by atoms with Gasteiger partial charge in [0.05, 0.1) is 23.6 Å². The third-order valence-corrected chi connectivity index (χ3v) is 5.29. The first-order valence-electron chi connectivity index (χ1n) is 9.53. The fraction of sp³-hybridized carbons (Fsp3) is 0.476. The first kappa shape index (κ1) is 17.0. The maximum absolute atomic E-state index is 13.3. The van der Waals surface area contributed by atoms with Crippen LogP contribution in [-0.2, 0) is 9.53 Å². The Balaban J connectivity index is 1.64. The van der Waals surface area contributed by atoms with E-state index in [0.717, 1.165) is 42.3 Å². The van der Waals surface area contributed by atoms with Crippen molar-refractivity contribution in [3.8, 4) is 0 Å². The minimum atomic E-state index is -0.219. The number of carbonyl (C=O) groups excluding carboxylic acids is 2. The van der Waals surface area contributed by atoms with Crippen LogP contribution in [0.25, 0.3) is 10.9 Å². The van der Waals surface area contributed by atoms with Crippen LogP contribution < -0.4 is 0 Å². The number of rotatable bonds is 4. The highest BCUT2D eigenvalue weighted by Crippen LogP contribution is 2.40. The number of esters is 1. The van der Waals surface area contributed by atoms with E-state index in [4.69, 9.17) is 9.72 Å². The van der Waals surface area contributed by atoms with Gasteiger partial charge < -0.3 is 9.64 Å². The Morgan fingerprint density at radius 1 is 1.23 bits per heavy atom. The Morgan fingerprint density at radius 3 is 2.81 bits per heavy atom. The van der Waals surface area contributed by atoms with Crippen molar-refractivity contribution in [2.75, 3.05) is 19.7 Å². The first-order valence-corrected chi connectivity index (χ1v) is 9.53. The van der Waals surface area contributed by atoms with Crippen LogP contribution in [-0.4, -0.2) is 41.5 Å². The van der Waals surface area contributed by atoms with Crippen LogP contribution >= 0.6 is 0 Å². The monoisotopic (exact) mass is 352 g/mol. The highest BCUT2D eigenvalue weighted by molar-refractivity contribution is 6.06. The van der Waals surface area contributed by atoms with E-state index in [1.807, 2.05) is 42.2 Å². The van der Waals surface area contributed by atoms with Gasteiger partial charge in [-0.25, -0.2) is 0 Å². The van der Waals surface area contributed by atoms with Crippen molar-refractivity contribution in [1.82, 2.24) is 9.88 Å². The number of carbonyl (C=O) groups is 2. The van der Waals surface area contributed by atoms with E-state index in [2.05, 4.69) is 0 Å². The van der Waals surface area contributed by atoms with Gasteiger partial charge in [-0.15, -0.1) is 0 Å². The maximum atomic E-state index is 13.3. The Morgan fingerprint density at radius 2 is 2.04 bits per heavy atom. The molecule has 1 atom stereocenters. The summed E-state index contributed by atoms with van der Waals surface area (Å²) in [7, 11) is 0. The SMILES string of the molecule is CCOC(=O)[C@H]1CCCN(C(=O)c2cc(C3CC3)nc3ccccc23)C1. The molecule has 0 radical (unpaired) electrons. The number of fused-ring (bicyclic) bond motifs is 1. The van der Waals surface area contributed by atoms with Gasteiger partial charge >= 0.3 is 5.97 Å². The molecule has 2 fully saturated rings. The number of benzene rings is 1. The molecule has 2 aliphatic rings. The summed E-state index contributed by atoms with van der Waals surface area (Å²) in [4.78, 5) is 31.9. The predicted octanol–water partition coefficient (Wildman–Crippen LogP) is 3.53. The lowest BCUT2D eigenvalue weighted by Gasteiger charge is -2.32.